The lowest BCUT2D eigenvalue weighted by molar-refractivity contribution is -0.147. The number of amides is 2. The van der Waals surface area contributed by atoms with E-state index in [2.05, 4.69) is 5.32 Å². The molecule has 2 amide bonds. The summed E-state index contributed by atoms with van der Waals surface area (Å²) in [6, 6.07) is 3.63. The Balaban J connectivity index is 2.60. The zero-order valence-corrected chi connectivity index (χ0v) is 13.2. The number of hydrogen-bond acceptors (Lipinski definition) is 3. The van der Waals surface area contributed by atoms with Crippen LogP contribution in [0.5, 0.6) is 0 Å². The van der Waals surface area contributed by atoms with Crippen LogP contribution in [0.2, 0.25) is 0 Å². The number of hydrogen-bond donors (Lipinski definition) is 2. The van der Waals surface area contributed by atoms with E-state index in [1.54, 1.807) is 37.1 Å². The Morgan fingerprint density at radius 3 is 2.65 bits per heavy atom. The number of nitrogens with one attached hydrogen (secondary N) is 1. The smallest absolute Gasteiger partial charge is 0.317 e. The van der Waals surface area contributed by atoms with E-state index < -0.39 is 11.4 Å². The summed E-state index contributed by atoms with van der Waals surface area (Å²) in [6.45, 7) is 5.51. The van der Waals surface area contributed by atoms with E-state index in [-0.39, 0.29) is 18.6 Å². The molecule has 5 nitrogen and oxygen atoms in total. The maximum Gasteiger partial charge on any atom is 0.317 e. The summed E-state index contributed by atoms with van der Waals surface area (Å²) >= 11 is 1.59. The number of urea groups is 1. The summed E-state index contributed by atoms with van der Waals surface area (Å²) in [6.07, 6.45) is 0.465. The molecule has 0 bridgehead atoms. The van der Waals surface area contributed by atoms with Gasteiger partial charge in [-0.25, -0.2) is 4.79 Å². The first-order valence-electron chi connectivity index (χ1n) is 6.59. The summed E-state index contributed by atoms with van der Waals surface area (Å²) < 4.78 is 0. The zero-order chi connectivity index (χ0) is 15.3. The first-order valence-corrected chi connectivity index (χ1v) is 7.47. The second-order valence-corrected chi connectivity index (χ2v) is 6.16. The molecule has 2 N–H and O–H groups in total. The molecule has 20 heavy (non-hydrogen) atoms. The Bertz CT molecular complexity index is 461. The van der Waals surface area contributed by atoms with Crippen molar-refractivity contribution in [1.29, 1.82) is 0 Å². The van der Waals surface area contributed by atoms with Crippen LogP contribution >= 0.6 is 11.3 Å². The summed E-state index contributed by atoms with van der Waals surface area (Å²) in [5.41, 5.74) is -0.928. The van der Waals surface area contributed by atoms with Crippen LogP contribution in [0.25, 0.3) is 0 Å². The maximum absolute atomic E-state index is 12.1. The molecular formula is C14H22N2O3S. The van der Waals surface area contributed by atoms with E-state index in [4.69, 9.17) is 0 Å². The van der Waals surface area contributed by atoms with Crippen molar-refractivity contribution >= 4 is 23.3 Å². The minimum atomic E-state index is -0.928. The summed E-state index contributed by atoms with van der Waals surface area (Å²) in [5, 5.41) is 13.9. The summed E-state index contributed by atoms with van der Waals surface area (Å²) in [7, 11) is 1.71. The molecule has 0 aliphatic rings. The van der Waals surface area contributed by atoms with Gasteiger partial charge in [0.2, 0.25) is 0 Å². The van der Waals surface area contributed by atoms with Crippen LogP contribution in [0.4, 0.5) is 4.79 Å². The van der Waals surface area contributed by atoms with Crippen molar-refractivity contribution < 1.29 is 14.7 Å². The molecule has 0 saturated carbocycles. The Morgan fingerprint density at radius 2 is 2.20 bits per heavy atom. The van der Waals surface area contributed by atoms with Crippen LogP contribution < -0.4 is 5.32 Å². The van der Waals surface area contributed by atoms with Crippen molar-refractivity contribution in [3.8, 4) is 0 Å². The second-order valence-electron chi connectivity index (χ2n) is 5.18. The largest absolute Gasteiger partial charge is 0.481 e. The van der Waals surface area contributed by atoms with E-state index in [1.165, 1.54) is 0 Å². The fraction of sp³-hybridized carbons (Fsp3) is 0.571. The highest BCUT2D eigenvalue weighted by Crippen LogP contribution is 2.24. The third-order valence-electron chi connectivity index (χ3n) is 3.78. The minimum absolute atomic E-state index is 0.0345. The van der Waals surface area contributed by atoms with Gasteiger partial charge in [-0.2, -0.15) is 0 Å². The van der Waals surface area contributed by atoms with Crippen LogP contribution in [-0.4, -0.2) is 35.6 Å². The molecule has 1 rings (SSSR count). The maximum atomic E-state index is 12.1. The highest BCUT2D eigenvalue weighted by molar-refractivity contribution is 7.10. The zero-order valence-electron chi connectivity index (χ0n) is 12.3. The van der Waals surface area contributed by atoms with Crippen molar-refractivity contribution in [3.63, 3.8) is 0 Å². The van der Waals surface area contributed by atoms with Gasteiger partial charge in [-0.15, -0.1) is 11.3 Å². The Kier molecular flexibility index (Phi) is 5.56. The van der Waals surface area contributed by atoms with Crippen molar-refractivity contribution in [2.45, 2.75) is 33.2 Å². The Morgan fingerprint density at radius 1 is 1.55 bits per heavy atom. The molecule has 0 spiro atoms. The molecule has 0 aliphatic heterocycles. The first-order chi connectivity index (χ1) is 9.31. The van der Waals surface area contributed by atoms with Crippen LogP contribution in [0.15, 0.2) is 17.5 Å². The van der Waals surface area contributed by atoms with E-state index in [1.807, 2.05) is 24.4 Å². The SMILES string of the molecule is CCC(C)(CNC(=O)N(C)C(C)c1cccs1)C(=O)O. The molecule has 1 heterocycles. The van der Waals surface area contributed by atoms with Crippen LogP contribution in [0, 0.1) is 5.41 Å². The number of aliphatic carboxylic acids is 1. The molecule has 0 aliphatic carbocycles. The van der Waals surface area contributed by atoms with Crippen LogP contribution in [0.1, 0.15) is 38.1 Å². The molecule has 0 radical (unpaired) electrons. The highest BCUT2D eigenvalue weighted by atomic mass is 32.1. The molecule has 0 aromatic carbocycles. The van der Waals surface area contributed by atoms with E-state index in [0.717, 1.165) is 4.88 Å². The molecule has 2 unspecified atom stereocenters. The van der Waals surface area contributed by atoms with E-state index >= 15 is 0 Å². The topological polar surface area (TPSA) is 69.6 Å². The quantitative estimate of drug-likeness (QED) is 0.848. The average molecular weight is 298 g/mol. The lowest BCUT2D eigenvalue weighted by atomic mass is 9.88. The van der Waals surface area contributed by atoms with Crippen molar-refractivity contribution in [3.05, 3.63) is 22.4 Å². The fourth-order valence-electron chi connectivity index (χ4n) is 1.64. The number of rotatable bonds is 6. The molecule has 1 aromatic rings. The number of carbonyl (C=O) groups is 2. The molecule has 6 heteroatoms. The van der Waals surface area contributed by atoms with Crippen molar-refractivity contribution in [1.82, 2.24) is 10.2 Å². The van der Waals surface area contributed by atoms with Gasteiger partial charge in [0.05, 0.1) is 11.5 Å². The normalized spacial score (nSPS) is 15.2. The number of carboxylic acids is 1. The Labute approximate surface area is 123 Å². The van der Waals surface area contributed by atoms with Gasteiger partial charge in [-0.1, -0.05) is 13.0 Å². The second kappa shape index (κ2) is 6.74. The molecule has 112 valence electrons. The molecular weight excluding hydrogens is 276 g/mol. The number of thiophene rings is 1. The predicted molar refractivity (Wildman–Crippen MR) is 79.9 cm³/mol. The van der Waals surface area contributed by atoms with E-state index in [9.17, 15) is 14.7 Å². The van der Waals surface area contributed by atoms with Crippen molar-refractivity contribution in [2.24, 2.45) is 5.41 Å². The van der Waals surface area contributed by atoms with Gasteiger partial charge < -0.3 is 15.3 Å². The number of carboxylic acid groups (broad SMARTS) is 1. The molecule has 1 aromatic heterocycles. The third kappa shape index (κ3) is 3.72. The fourth-order valence-corrected chi connectivity index (χ4v) is 2.47. The minimum Gasteiger partial charge on any atom is -0.481 e. The monoisotopic (exact) mass is 298 g/mol. The van der Waals surface area contributed by atoms with Crippen LogP contribution in [-0.2, 0) is 4.79 Å². The molecule has 0 saturated heterocycles. The van der Waals surface area contributed by atoms with Gasteiger partial charge >= 0.3 is 12.0 Å². The Hall–Kier alpha value is -1.56. The summed E-state index contributed by atoms with van der Waals surface area (Å²) in [4.78, 5) is 26.0. The average Bonchev–Trinajstić information content (AvgIpc) is 2.96. The lowest BCUT2D eigenvalue weighted by Crippen LogP contribution is -2.45. The van der Waals surface area contributed by atoms with Crippen LogP contribution in [0.3, 0.4) is 0 Å². The third-order valence-corrected chi connectivity index (χ3v) is 4.83. The molecule has 0 fully saturated rings. The number of nitrogens with zero attached hydrogens (tertiary/aromatic N) is 1. The lowest BCUT2D eigenvalue weighted by Gasteiger charge is -2.28. The summed E-state index contributed by atoms with van der Waals surface area (Å²) in [5.74, 6) is -0.894. The standard InChI is InChI=1S/C14H22N2O3S/c1-5-14(3,12(17)18)9-15-13(19)16(4)10(2)11-7-6-8-20-11/h6-8,10H,5,9H2,1-4H3,(H,15,19)(H,17,18). The van der Waals surface area contributed by atoms with Gasteiger partial charge in [0.1, 0.15) is 0 Å². The van der Waals surface area contributed by atoms with Gasteiger partial charge in [0.15, 0.2) is 0 Å². The van der Waals surface area contributed by atoms with Gasteiger partial charge in [-0.3, -0.25) is 4.79 Å². The van der Waals surface area contributed by atoms with Gasteiger partial charge in [-0.05, 0) is 31.7 Å². The molecule has 2 atom stereocenters. The first kappa shape index (κ1) is 16.5. The van der Waals surface area contributed by atoms with Crippen molar-refractivity contribution in [2.75, 3.05) is 13.6 Å². The predicted octanol–water partition coefficient (Wildman–Crippen LogP) is 2.95. The highest BCUT2D eigenvalue weighted by Gasteiger charge is 2.32. The number of carbonyl (C=O) groups excluding carboxylic acids is 1. The van der Waals surface area contributed by atoms with Gasteiger partial charge in [0, 0.05) is 18.5 Å². The van der Waals surface area contributed by atoms with E-state index in [0.29, 0.717) is 6.42 Å². The van der Waals surface area contributed by atoms with Gasteiger partial charge in [0.25, 0.3) is 0 Å².